The predicted molar refractivity (Wildman–Crippen MR) is 117 cm³/mol. The number of carbonyl (C=O) groups is 1. The SMILES string of the molecule is CC1CCCCN1Cc1ccc(CNC(=O)C2=CN3CCS(=O)(=O)N=C3C=C2)cc1. The van der Waals surface area contributed by atoms with Gasteiger partial charge in [-0.2, -0.15) is 0 Å². The Morgan fingerprint density at radius 1 is 1.13 bits per heavy atom. The van der Waals surface area contributed by atoms with Crippen LogP contribution >= 0.6 is 0 Å². The number of benzene rings is 1. The zero-order chi connectivity index (χ0) is 21.1. The second-order valence-corrected chi connectivity index (χ2v) is 9.92. The lowest BCUT2D eigenvalue weighted by Crippen LogP contribution is -2.38. The number of fused-ring (bicyclic) bond motifs is 1. The molecule has 1 N–H and O–H groups in total. The number of nitrogens with zero attached hydrogens (tertiary/aromatic N) is 3. The van der Waals surface area contributed by atoms with Gasteiger partial charge >= 0.3 is 0 Å². The fourth-order valence-corrected chi connectivity index (χ4v) is 4.98. The Morgan fingerprint density at radius 2 is 1.90 bits per heavy atom. The van der Waals surface area contributed by atoms with Crippen LogP contribution in [0.3, 0.4) is 0 Å². The van der Waals surface area contributed by atoms with Gasteiger partial charge in [0.15, 0.2) is 0 Å². The lowest BCUT2D eigenvalue weighted by atomic mass is 10.0. The molecule has 1 atom stereocenters. The largest absolute Gasteiger partial charge is 0.348 e. The Hall–Kier alpha value is -2.45. The van der Waals surface area contributed by atoms with Crippen LogP contribution in [0.25, 0.3) is 0 Å². The van der Waals surface area contributed by atoms with Crippen LogP contribution < -0.4 is 5.32 Å². The Morgan fingerprint density at radius 3 is 2.67 bits per heavy atom. The molecule has 0 spiro atoms. The highest BCUT2D eigenvalue weighted by atomic mass is 32.2. The summed E-state index contributed by atoms with van der Waals surface area (Å²) in [6, 6.07) is 9.05. The van der Waals surface area contributed by atoms with Crippen molar-refractivity contribution in [3.05, 3.63) is 59.3 Å². The molecular formula is C22H28N4O3S. The summed E-state index contributed by atoms with van der Waals surface area (Å²) in [6.45, 7) is 5.19. The summed E-state index contributed by atoms with van der Waals surface area (Å²) in [7, 11) is -3.39. The molecule has 1 unspecified atom stereocenters. The number of nitrogens with one attached hydrogen (secondary N) is 1. The molecule has 160 valence electrons. The number of rotatable bonds is 5. The molecule has 1 fully saturated rings. The van der Waals surface area contributed by atoms with Crippen LogP contribution in [0.2, 0.25) is 0 Å². The maximum absolute atomic E-state index is 12.5. The topological polar surface area (TPSA) is 82.1 Å². The van der Waals surface area contributed by atoms with E-state index in [2.05, 4.69) is 45.8 Å². The molecule has 3 aliphatic heterocycles. The Labute approximate surface area is 178 Å². The van der Waals surface area contributed by atoms with Crippen molar-refractivity contribution < 1.29 is 13.2 Å². The van der Waals surface area contributed by atoms with Crippen LogP contribution in [-0.2, 0) is 27.9 Å². The first-order valence-corrected chi connectivity index (χ1v) is 12.1. The molecule has 3 aliphatic rings. The van der Waals surface area contributed by atoms with E-state index >= 15 is 0 Å². The van der Waals surface area contributed by atoms with E-state index in [1.54, 1.807) is 23.3 Å². The molecular weight excluding hydrogens is 400 g/mol. The molecule has 3 heterocycles. The molecule has 1 saturated heterocycles. The molecule has 1 amide bonds. The van der Waals surface area contributed by atoms with E-state index in [0.29, 0.717) is 30.5 Å². The van der Waals surface area contributed by atoms with E-state index in [-0.39, 0.29) is 11.7 Å². The minimum atomic E-state index is -3.39. The predicted octanol–water partition coefficient (Wildman–Crippen LogP) is 2.17. The maximum Gasteiger partial charge on any atom is 0.256 e. The molecule has 0 bridgehead atoms. The molecule has 1 aromatic carbocycles. The number of sulfonamides is 1. The van der Waals surface area contributed by atoms with Gasteiger partial charge < -0.3 is 10.2 Å². The molecule has 1 aromatic rings. The van der Waals surface area contributed by atoms with Crippen molar-refractivity contribution in [1.82, 2.24) is 15.1 Å². The summed E-state index contributed by atoms with van der Waals surface area (Å²) in [4.78, 5) is 16.8. The van der Waals surface area contributed by atoms with Crippen molar-refractivity contribution in [2.24, 2.45) is 4.40 Å². The zero-order valence-electron chi connectivity index (χ0n) is 17.3. The van der Waals surface area contributed by atoms with Gasteiger partial charge in [0.25, 0.3) is 15.9 Å². The van der Waals surface area contributed by atoms with Crippen LogP contribution in [0.4, 0.5) is 0 Å². The van der Waals surface area contributed by atoms with Gasteiger partial charge in [0.1, 0.15) is 5.84 Å². The van der Waals surface area contributed by atoms with Gasteiger partial charge in [0.2, 0.25) is 0 Å². The summed E-state index contributed by atoms with van der Waals surface area (Å²) in [5.74, 6) is 0.125. The molecule has 30 heavy (non-hydrogen) atoms. The summed E-state index contributed by atoms with van der Waals surface area (Å²) in [5, 5.41) is 2.93. The van der Waals surface area contributed by atoms with E-state index in [9.17, 15) is 13.2 Å². The van der Waals surface area contributed by atoms with Crippen molar-refractivity contribution in [2.75, 3.05) is 18.8 Å². The standard InChI is InChI=1S/C22H28N4O3S/c1-17-4-2-3-11-25(17)15-19-7-5-18(6-8-19)14-23-22(27)20-9-10-21-24-30(28,29)13-12-26(21)16-20/h5-10,16-17H,2-4,11-15H2,1H3,(H,23,27). The number of carbonyl (C=O) groups excluding carboxylic acids is 1. The highest BCUT2D eigenvalue weighted by molar-refractivity contribution is 7.90. The van der Waals surface area contributed by atoms with Crippen LogP contribution in [0.15, 0.2) is 52.6 Å². The highest BCUT2D eigenvalue weighted by Gasteiger charge is 2.25. The van der Waals surface area contributed by atoms with Gasteiger partial charge in [0, 0.05) is 31.9 Å². The quantitative estimate of drug-likeness (QED) is 0.777. The third-order valence-corrected chi connectivity index (χ3v) is 7.05. The molecule has 4 rings (SSSR count). The smallest absolute Gasteiger partial charge is 0.256 e. The Balaban J connectivity index is 1.31. The number of piperidine rings is 1. The average Bonchev–Trinajstić information content (AvgIpc) is 2.73. The minimum Gasteiger partial charge on any atom is -0.348 e. The van der Waals surface area contributed by atoms with E-state index in [0.717, 1.165) is 18.7 Å². The summed E-state index contributed by atoms with van der Waals surface area (Å²) in [6.07, 6.45) is 8.71. The fourth-order valence-electron chi connectivity index (χ4n) is 4.01. The van der Waals surface area contributed by atoms with Crippen LogP contribution in [0.1, 0.15) is 37.3 Å². The lowest BCUT2D eigenvalue weighted by molar-refractivity contribution is -0.117. The molecule has 7 nitrogen and oxygen atoms in total. The summed E-state index contributed by atoms with van der Waals surface area (Å²) in [5.41, 5.74) is 2.83. The monoisotopic (exact) mass is 428 g/mol. The van der Waals surface area contributed by atoms with Crippen LogP contribution in [0, 0.1) is 0 Å². The second kappa shape index (κ2) is 8.73. The van der Waals surface area contributed by atoms with Gasteiger partial charge in [-0.3, -0.25) is 9.69 Å². The van der Waals surface area contributed by atoms with Gasteiger partial charge in [0.05, 0.1) is 11.3 Å². The number of hydrogen-bond donors (Lipinski definition) is 1. The lowest BCUT2D eigenvalue weighted by Gasteiger charge is -2.33. The zero-order valence-corrected chi connectivity index (χ0v) is 18.1. The van der Waals surface area contributed by atoms with E-state index in [1.165, 1.54) is 24.8 Å². The first kappa shape index (κ1) is 20.8. The van der Waals surface area contributed by atoms with E-state index in [1.807, 2.05) is 0 Å². The molecule has 0 radical (unpaired) electrons. The molecule has 8 heteroatoms. The number of hydrogen-bond acceptors (Lipinski definition) is 5. The van der Waals surface area contributed by atoms with E-state index in [4.69, 9.17) is 0 Å². The molecule has 0 aromatic heterocycles. The third kappa shape index (κ3) is 4.99. The first-order chi connectivity index (χ1) is 14.4. The van der Waals surface area contributed by atoms with Crippen molar-refractivity contribution in [3.63, 3.8) is 0 Å². The maximum atomic E-state index is 12.5. The first-order valence-electron chi connectivity index (χ1n) is 10.5. The highest BCUT2D eigenvalue weighted by Crippen LogP contribution is 2.19. The minimum absolute atomic E-state index is 0.0434. The van der Waals surface area contributed by atoms with Crippen molar-refractivity contribution in [2.45, 2.75) is 45.3 Å². The summed E-state index contributed by atoms with van der Waals surface area (Å²) < 4.78 is 26.9. The fraction of sp³-hybridized carbons (Fsp3) is 0.455. The van der Waals surface area contributed by atoms with E-state index < -0.39 is 10.0 Å². The Kier molecular flexibility index (Phi) is 6.06. The second-order valence-electron chi connectivity index (χ2n) is 8.16. The van der Waals surface area contributed by atoms with Crippen molar-refractivity contribution >= 4 is 21.8 Å². The number of amides is 1. The number of likely N-dealkylation sites (tertiary alicyclic amines) is 1. The summed E-state index contributed by atoms with van der Waals surface area (Å²) >= 11 is 0. The van der Waals surface area contributed by atoms with Crippen molar-refractivity contribution in [1.29, 1.82) is 0 Å². The molecule has 0 saturated carbocycles. The van der Waals surface area contributed by atoms with Gasteiger partial charge in [-0.15, -0.1) is 4.40 Å². The molecule has 0 aliphatic carbocycles. The normalized spacial score (nSPS) is 23.4. The van der Waals surface area contributed by atoms with Crippen LogP contribution in [0.5, 0.6) is 0 Å². The Bertz CT molecular complexity index is 996. The average molecular weight is 429 g/mol. The number of amidine groups is 1. The van der Waals surface area contributed by atoms with Crippen LogP contribution in [-0.4, -0.2) is 54.8 Å². The third-order valence-electron chi connectivity index (χ3n) is 5.89. The van der Waals surface area contributed by atoms with Gasteiger partial charge in [-0.1, -0.05) is 30.7 Å². The van der Waals surface area contributed by atoms with Crippen molar-refractivity contribution in [3.8, 4) is 0 Å². The van der Waals surface area contributed by atoms with Gasteiger partial charge in [-0.25, -0.2) is 8.42 Å². The van der Waals surface area contributed by atoms with Gasteiger partial charge in [-0.05, 0) is 49.6 Å².